The summed E-state index contributed by atoms with van der Waals surface area (Å²) < 4.78 is 22.6. The van der Waals surface area contributed by atoms with Crippen LogP contribution in [0.1, 0.15) is 34.8 Å². The summed E-state index contributed by atoms with van der Waals surface area (Å²) in [7, 11) is 8.28. The van der Waals surface area contributed by atoms with Gasteiger partial charge in [-0.05, 0) is 61.7 Å². The summed E-state index contributed by atoms with van der Waals surface area (Å²) in [5.74, 6) is 2.25. The zero-order valence-corrected chi connectivity index (χ0v) is 22.2. The van der Waals surface area contributed by atoms with Gasteiger partial charge in [0.25, 0.3) is 0 Å². The molecule has 0 saturated heterocycles. The van der Waals surface area contributed by atoms with Crippen LogP contribution in [-0.4, -0.2) is 40.5 Å². The van der Waals surface area contributed by atoms with Crippen molar-refractivity contribution in [2.45, 2.75) is 32.4 Å². The summed E-state index contributed by atoms with van der Waals surface area (Å²) >= 11 is 0. The summed E-state index contributed by atoms with van der Waals surface area (Å²) in [6.07, 6.45) is 3.28. The molecule has 4 rings (SSSR count). The van der Waals surface area contributed by atoms with Gasteiger partial charge in [-0.15, -0.1) is 0 Å². The zero-order chi connectivity index (χ0) is 26.7. The second-order valence-corrected chi connectivity index (χ2v) is 8.85. The van der Waals surface area contributed by atoms with Gasteiger partial charge in [0, 0.05) is 29.9 Å². The maximum atomic E-state index is 13.4. The highest BCUT2D eigenvalue weighted by Gasteiger charge is 2.28. The van der Waals surface area contributed by atoms with Crippen LogP contribution in [0.3, 0.4) is 0 Å². The molecule has 0 aliphatic heterocycles. The van der Waals surface area contributed by atoms with Crippen LogP contribution in [0.2, 0.25) is 0 Å². The van der Waals surface area contributed by atoms with Crippen LogP contribution in [0.5, 0.6) is 23.0 Å². The number of aromatic nitrogens is 1. The van der Waals surface area contributed by atoms with E-state index in [9.17, 15) is 4.79 Å². The number of pyridine rings is 1. The number of fused-ring (bicyclic) bond motifs is 3. The highest BCUT2D eigenvalue weighted by atomic mass is 16.5. The van der Waals surface area contributed by atoms with E-state index in [0.717, 1.165) is 40.7 Å². The highest BCUT2D eigenvalue weighted by molar-refractivity contribution is 5.83. The van der Waals surface area contributed by atoms with Gasteiger partial charge >= 0.3 is 0 Å². The molecule has 9 heteroatoms. The summed E-state index contributed by atoms with van der Waals surface area (Å²) in [6, 6.07) is 7.42. The summed E-state index contributed by atoms with van der Waals surface area (Å²) in [4.78, 5) is 17.7. The van der Waals surface area contributed by atoms with Crippen molar-refractivity contribution >= 4 is 11.4 Å². The summed E-state index contributed by atoms with van der Waals surface area (Å²) in [6.45, 7) is 2.15. The van der Waals surface area contributed by atoms with E-state index in [2.05, 4.69) is 15.6 Å². The molecular formula is C28H34N4O5. The number of nitrogen functional groups attached to an aromatic ring is 1. The number of hydrogen-bond donors (Lipinski definition) is 3. The van der Waals surface area contributed by atoms with Crippen molar-refractivity contribution in [2.75, 3.05) is 46.5 Å². The van der Waals surface area contributed by atoms with Crippen LogP contribution < -0.4 is 40.7 Å². The molecule has 9 nitrogen and oxygen atoms in total. The average Bonchev–Trinajstić information content (AvgIpc) is 3.15. The Kier molecular flexibility index (Phi) is 7.73. The Balaban J connectivity index is 1.85. The number of hydrogen-bond acceptors (Lipinski definition) is 9. The monoisotopic (exact) mass is 506 g/mol. The van der Waals surface area contributed by atoms with E-state index < -0.39 is 0 Å². The molecule has 1 heterocycles. The smallest absolute Gasteiger partial charge is 0.203 e. The molecule has 1 atom stereocenters. The fraction of sp³-hybridized carbons (Fsp3) is 0.357. The summed E-state index contributed by atoms with van der Waals surface area (Å²) in [5.41, 5.74) is 12.1. The number of nitrogens with two attached hydrogens (primary N) is 1. The predicted octanol–water partition coefficient (Wildman–Crippen LogP) is 3.85. The van der Waals surface area contributed by atoms with Crippen LogP contribution in [0.4, 0.5) is 11.4 Å². The van der Waals surface area contributed by atoms with Gasteiger partial charge in [0.1, 0.15) is 5.75 Å². The van der Waals surface area contributed by atoms with E-state index in [-0.39, 0.29) is 11.5 Å². The van der Waals surface area contributed by atoms with Gasteiger partial charge in [-0.2, -0.15) is 0 Å². The van der Waals surface area contributed by atoms with Gasteiger partial charge in [0.15, 0.2) is 11.5 Å². The molecule has 1 unspecified atom stereocenters. The normalized spacial score (nSPS) is 14.2. The molecule has 196 valence electrons. The van der Waals surface area contributed by atoms with Crippen molar-refractivity contribution in [3.63, 3.8) is 0 Å². The van der Waals surface area contributed by atoms with Crippen molar-refractivity contribution in [2.24, 2.45) is 0 Å². The van der Waals surface area contributed by atoms with Crippen LogP contribution in [0.25, 0.3) is 11.1 Å². The number of rotatable bonds is 8. The number of nitrogens with zero attached hydrogens (tertiary/aromatic N) is 1. The Morgan fingerprint density at radius 1 is 1.03 bits per heavy atom. The van der Waals surface area contributed by atoms with Crippen molar-refractivity contribution < 1.29 is 18.9 Å². The third kappa shape index (κ3) is 4.74. The van der Waals surface area contributed by atoms with Crippen LogP contribution >= 0.6 is 0 Å². The molecule has 0 radical (unpaired) electrons. The van der Waals surface area contributed by atoms with E-state index in [1.165, 1.54) is 0 Å². The molecule has 4 N–H and O–H groups in total. The van der Waals surface area contributed by atoms with Crippen molar-refractivity contribution in [1.82, 2.24) is 10.3 Å². The predicted molar refractivity (Wildman–Crippen MR) is 145 cm³/mol. The van der Waals surface area contributed by atoms with Gasteiger partial charge in [-0.1, -0.05) is 6.07 Å². The van der Waals surface area contributed by atoms with E-state index >= 15 is 0 Å². The van der Waals surface area contributed by atoms with Crippen molar-refractivity contribution in [3.8, 4) is 34.1 Å². The lowest BCUT2D eigenvalue weighted by molar-refractivity contribution is 0.324. The van der Waals surface area contributed by atoms with Gasteiger partial charge in [0.05, 0.1) is 45.5 Å². The number of anilines is 2. The van der Waals surface area contributed by atoms with Gasteiger partial charge in [-0.3, -0.25) is 9.78 Å². The first kappa shape index (κ1) is 26.1. The molecule has 0 saturated carbocycles. The first-order chi connectivity index (χ1) is 17.9. The second-order valence-electron chi connectivity index (χ2n) is 8.85. The topological polar surface area (TPSA) is 117 Å². The minimum absolute atomic E-state index is 0.0294. The average molecular weight is 507 g/mol. The molecule has 2 aromatic carbocycles. The lowest BCUT2D eigenvalue weighted by Gasteiger charge is -2.19. The first-order valence-electron chi connectivity index (χ1n) is 12.1. The van der Waals surface area contributed by atoms with E-state index in [4.69, 9.17) is 24.7 Å². The van der Waals surface area contributed by atoms with Gasteiger partial charge in [0.2, 0.25) is 11.2 Å². The fourth-order valence-corrected chi connectivity index (χ4v) is 4.96. The minimum Gasteiger partial charge on any atom is -0.494 e. The molecule has 37 heavy (non-hydrogen) atoms. The van der Waals surface area contributed by atoms with Gasteiger partial charge in [-0.25, -0.2) is 0 Å². The molecule has 0 bridgehead atoms. The number of benzene rings is 1. The molecular weight excluding hydrogens is 472 g/mol. The van der Waals surface area contributed by atoms with E-state index in [1.54, 1.807) is 46.8 Å². The SMILES string of the molecule is CNC1CCc2cc(OC)c(OC)c(OC)c2-c2ccc(NCc3cnc(C)c(N)c3OC)c(=O)cc21. The summed E-state index contributed by atoms with van der Waals surface area (Å²) in [5, 5.41) is 6.62. The first-order valence-corrected chi connectivity index (χ1v) is 12.1. The quantitative estimate of drug-likeness (QED) is 0.419. The van der Waals surface area contributed by atoms with Gasteiger partial charge < -0.3 is 35.3 Å². The Bertz CT molecular complexity index is 1380. The molecule has 3 aromatic rings. The second kappa shape index (κ2) is 11.0. The maximum absolute atomic E-state index is 13.4. The fourth-order valence-electron chi connectivity index (χ4n) is 4.96. The van der Waals surface area contributed by atoms with Crippen LogP contribution in [0, 0.1) is 6.92 Å². The third-order valence-electron chi connectivity index (χ3n) is 6.90. The van der Waals surface area contributed by atoms with E-state index in [1.807, 2.05) is 26.1 Å². The Morgan fingerprint density at radius 3 is 2.41 bits per heavy atom. The van der Waals surface area contributed by atoms with E-state index in [0.29, 0.717) is 46.6 Å². The molecule has 1 aliphatic carbocycles. The van der Waals surface area contributed by atoms with Crippen molar-refractivity contribution in [3.05, 3.63) is 63.1 Å². The number of aryl methyl sites for hydroxylation is 2. The highest BCUT2D eigenvalue weighted by Crippen LogP contribution is 2.50. The minimum atomic E-state index is -0.128. The molecule has 1 aliphatic rings. The number of methoxy groups -OCH3 is 4. The molecule has 1 aromatic heterocycles. The Hall–Kier alpha value is -3.98. The molecule has 0 fully saturated rings. The lowest BCUT2D eigenvalue weighted by atomic mass is 9.95. The molecule has 0 spiro atoms. The Labute approximate surface area is 216 Å². The zero-order valence-electron chi connectivity index (χ0n) is 22.2. The lowest BCUT2D eigenvalue weighted by Crippen LogP contribution is -2.18. The third-order valence-corrected chi connectivity index (χ3v) is 6.90. The van der Waals surface area contributed by atoms with Crippen LogP contribution in [0.15, 0.2) is 35.3 Å². The largest absolute Gasteiger partial charge is 0.494 e. The number of ether oxygens (including phenoxy) is 4. The maximum Gasteiger partial charge on any atom is 0.203 e. The Morgan fingerprint density at radius 2 is 1.76 bits per heavy atom. The van der Waals surface area contributed by atoms with Crippen molar-refractivity contribution in [1.29, 1.82) is 0 Å². The van der Waals surface area contributed by atoms with Crippen LogP contribution in [-0.2, 0) is 13.0 Å². The number of nitrogens with one attached hydrogen (secondary N) is 2. The standard InChI is InChI=1S/C28H34N4O5/c1-15-25(29)26(35-4)17(13-31-15)14-32-21-10-8-18-19(12-22(21)33)20(30-2)9-7-16-11-23(34-3)27(36-5)28(37-6)24(16)18/h8,10-13,20,30H,7,9,14,29H2,1-6H3,(H,32,33). The molecule has 0 amide bonds.